The third-order valence-corrected chi connectivity index (χ3v) is 4.84. The minimum atomic E-state index is -3.60. The van der Waals surface area contributed by atoms with Crippen LogP contribution in [-0.4, -0.2) is 20.6 Å². The molecule has 0 atom stereocenters. The molecule has 0 aliphatic rings. The van der Waals surface area contributed by atoms with Crippen LogP contribution in [0.3, 0.4) is 0 Å². The first-order valence-electron chi connectivity index (χ1n) is 6.54. The zero-order valence-corrected chi connectivity index (χ0v) is 13.3. The van der Waals surface area contributed by atoms with Crippen LogP contribution in [0.5, 0.6) is 0 Å². The molecule has 0 spiro atoms. The van der Waals surface area contributed by atoms with Crippen molar-refractivity contribution in [1.82, 2.24) is 9.88 Å². The number of nitrogens with one attached hydrogen (secondary N) is 2. The number of nitrogens with zero attached hydrogens (tertiary/aromatic N) is 1. The number of aryl methyl sites for hydroxylation is 3. The van der Waals surface area contributed by atoms with E-state index in [2.05, 4.69) is 15.2 Å². The van der Waals surface area contributed by atoms with Gasteiger partial charge in [0, 0.05) is 18.8 Å². The minimum absolute atomic E-state index is 0.0792. The summed E-state index contributed by atoms with van der Waals surface area (Å²) in [4.78, 5) is 0.303. The molecule has 2 rings (SSSR count). The maximum absolute atomic E-state index is 12.5. The zero-order chi connectivity index (χ0) is 15.6. The molecule has 0 radical (unpaired) electrons. The van der Waals surface area contributed by atoms with E-state index in [0.717, 1.165) is 11.4 Å². The quantitative estimate of drug-likeness (QED) is 0.884. The van der Waals surface area contributed by atoms with Crippen molar-refractivity contribution in [2.24, 2.45) is 0 Å². The fourth-order valence-electron chi connectivity index (χ4n) is 2.26. The van der Waals surface area contributed by atoms with Crippen molar-refractivity contribution in [1.29, 1.82) is 0 Å². The third kappa shape index (κ3) is 3.43. The third-order valence-electron chi connectivity index (χ3n) is 3.13. The summed E-state index contributed by atoms with van der Waals surface area (Å²) in [6.45, 7) is 5.42. The average Bonchev–Trinajstić information content (AvgIpc) is 2.81. The predicted molar refractivity (Wildman–Crippen MR) is 80.7 cm³/mol. The largest absolute Gasteiger partial charge is 0.388 e. The molecule has 0 saturated carbocycles. The molecule has 21 heavy (non-hydrogen) atoms. The Kier molecular flexibility index (Phi) is 4.34. The molecule has 2 aromatic rings. The predicted octanol–water partition coefficient (Wildman–Crippen LogP) is 2.12. The van der Waals surface area contributed by atoms with Gasteiger partial charge in [0.25, 0.3) is 0 Å². The van der Waals surface area contributed by atoms with Gasteiger partial charge in [-0.25, -0.2) is 13.1 Å². The maximum Gasteiger partial charge on any atom is 0.241 e. The highest BCUT2D eigenvalue weighted by Crippen LogP contribution is 2.24. The minimum Gasteiger partial charge on any atom is -0.388 e. The number of benzene rings is 1. The number of sulfonamides is 1. The van der Waals surface area contributed by atoms with Crippen LogP contribution in [0.2, 0.25) is 0 Å². The van der Waals surface area contributed by atoms with Gasteiger partial charge in [0.15, 0.2) is 5.76 Å². The van der Waals surface area contributed by atoms with E-state index in [0.29, 0.717) is 21.8 Å². The standard InChI is InChI=1S/C14H19N3O3S/c1-9-5-12(15-4)6-10(2)14(9)21(18,19)16-8-13-7-11(3)17-20-13/h5-7,15-16H,8H2,1-4H3. The molecule has 0 unspecified atom stereocenters. The van der Waals surface area contributed by atoms with E-state index in [1.54, 1.807) is 46.0 Å². The van der Waals surface area contributed by atoms with Gasteiger partial charge >= 0.3 is 0 Å². The number of aromatic nitrogens is 1. The van der Waals surface area contributed by atoms with Crippen molar-refractivity contribution in [2.75, 3.05) is 12.4 Å². The Morgan fingerprint density at radius 1 is 1.14 bits per heavy atom. The second-order valence-corrected chi connectivity index (χ2v) is 6.65. The second kappa shape index (κ2) is 5.87. The fraction of sp³-hybridized carbons (Fsp3) is 0.357. The molecular formula is C14H19N3O3S. The van der Waals surface area contributed by atoms with Crippen molar-refractivity contribution < 1.29 is 12.9 Å². The Balaban J connectivity index is 2.27. The molecule has 2 N–H and O–H groups in total. The summed E-state index contributed by atoms with van der Waals surface area (Å²) in [6, 6.07) is 5.31. The lowest BCUT2D eigenvalue weighted by molar-refractivity contribution is 0.377. The highest BCUT2D eigenvalue weighted by atomic mass is 32.2. The molecule has 114 valence electrons. The van der Waals surface area contributed by atoms with Crippen LogP contribution in [0.4, 0.5) is 5.69 Å². The Morgan fingerprint density at radius 3 is 2.24 bits per heavy atom. The molecular weight excluding hydrogens is 290 g/mol. The van der Waals surface area contributed by atoms with E-state index < -0.39 is 10.0 Å². The molecule has 0 aliphatic heterocycles. The first-order chi connectivity index (χ1) is 9.83. The Labute approximate surface area is 124 Å². The SMILES string of the molecule is CNc1cc(C)c(S(=O)(=O)NCc2cc(C)no2)c(C)c1. The van der Waals surface area contributed by atoms with Gasteiger partial charge in [-0.05, 0) is 44.0 Å². The van der Waals surface area contributed by atoms with Gasteiger partial charge in [-0.1, -0.05) is 5.16 Å². The average molecular weight is 309 g/mol. The molecule has 0 bridgehead atoms. The zero-order valence-electron chi connectivity index (χ0n) is 12.5. The first-order valence-corrected chi connectivity index (χ1v) is 8.02. The van der Waals surface area contributed by atoms with Crippen LogP contribution in [0.1, 0.15) is 22.6 Å². The van der Waals surface area contributed by atoms with Crippen molar-refractivity contribution >= 4 is 15.7 Å². The van der Waals surface area contributed by atoms with Crippen LogP contribution >= 0.6 is 0 Å². The van der Waals surface area contributed by atoms with Crippen LogP contribution in [0.25, 0.3) is 0 Å². The molecule has 6 nitrogen and oxygen atoms in total. The van der Waals surface area contributed by atoms with Crippen molar-refractivity contribution in [3.8, 4) is 0 Å². The van der Waals surface area contributed by atoms with E-state index in [-0.39, 0.29) is 6.54 Å². The summed E-state index contributed by atoms with van der Waals surface area (Å²) >= 11 is 0. The van der Waals surface area contributed by atoms with Gasteiger partial charge in [0.05, 0.1) is 17.1 Å². The van der Waals surface area contributed by atoms with Gasteiger partial charge in [-0.3, -0.25) is 0 Å². The second-order valence-electron chi connectivity index (χ2n) is 4.95. The first kappa shape index (κ1) is 15.5. The molecule has 0 amide bonds. The lowest BCUT2D eigenvalue weighted by Crippen LogP contribution is -2.24. The number of rotatable bonds is 5. The molecule has 7 heteroatoms. The van der Waals surface area contributed by atoms with Gasteiger partial charge in [-0.15, -0.1) is 0 Å². The summed E-state index contributed by atoms with van der Waals surface area (Å²) in [5, 5.41) is 6.74. The van der Waals surface area contributed by atoms with Crippen LogP contribution in [0.15, 0.2) is 27.6 Å². The van der Waals surface area contributed by atoms with Gasteiger partial charge in [0.2, 0.25) is 10.0 Å². The fourth-order valence-corrected chi connectivity index (χ4v) is 3.70. The number of anilines is 1. The number of hydrogen-bond donors (Lipinski definition) is 2. The molecule has 1 heterocycles. The number of hydrogen-bond acceptors (Lipinski definition) is 5. The van der Waals surface area contributed by atoms with Gasteiger partial charge in [-0.2, -0.15) is 0 Å². The van der Waals surface area contributed by atoms with E-state index >= 15 is 0 Å². The molecule has 0 fully saturated rings. The van der Waals surface area contributed by atoms with E-state index in [4.69, 9.17) is 4.52 Å². The smallest absolute Gasteiger partial charge is 0.241 e. The van der Waals surface area contributed by atoms with E-state index in [1.165, 1.54) is 0 Å². The highest BCUT2D eigenvalue weighted by Gasteiger charge is 2.20. The topological polar surface area (TPSA) is 84.2 Å². The molecule has 1 aromatic carbocycles. The molecule has 1 aromatic heterocycles. The summed E-state index contributed by atoms with van der Waals surface area (Å²) in [5.74, 6) is 0.484. The van der Waals surface area contributed by atoms with Crippen molar-refractivity contribution in [3.05, 3.63) is 40.8 Å². The Bertz CT molecular complexity index is 728. The molecule has 0 saturated heterocycles. The normalized spacial score (nSPS) is 11.6. The monoisotopic (exact) mass is 309 g/mol. The lowest BCUT2D eigenvalue weighted by Gasteiger charge is -2.13. The van der Waals surface area contributed by atoms with Crippen molar-refractivity contribution in [3.63, 3.8) is 0 Å². The van der Waals surface area contributed by atoms with E-state index in [9.17, 15) is 8.42 Å². The van der Waals surface area contributed by atoms with Gasteiger partial charge < -0.3 is 9.84 Å². The van der Waals surface area contributed by atoms with E-state index in [1.807, 2.05) is 0 Å². The highest BCUT2D eigenvalue weighted by molar-refractivity contribution is 7.89. The van der Waals surface area contributed by atoms with Crippen LogP contribution < -0.4 is 10.0 Å². The van der Waals surface area contributed by atoms with Crippen LogP contribution in [0, 0.1) is 20.8 Å². The van der Waals surface area contributed by atoms with Crippen LogP contribution in [-0.2, 0) is 16.6 Å². The Morgan fingerprint density at radius 2 is 1.76 bits per heavy atom. The summed E-state index contributed by atoms with van der Waals surface area (Å²) in [7, 11) is -1.80. The lowest BCUT2D eigenvalue weighted by atomic mass is 10.1. The van der Waals surface area contributed by atoms with Crippen molar-refractivity contribution in [2.45, 2.75) is 32.2 Å². The summed E-state index contributed by atoms with van der Waals surface area (Å²) < 4.78 is 32.5. The Hall–Kier alpha value is -1.86. The van der Waals surface area contributed by atoms with Gasteiger partial charge in [0.1, 0.15) is 0 Å². The molecule has 0 aliphatic carbocycles. The summed E-state index contributed by atoms with van der Waals surface area (Å²) in [5.41, 5.74) is 2.99. The maximum atomic E-state index is 12.5. The summed E-state index contributed by atoms with van der Waals surface area (Å²) in [6.07, 6.45) is 0.